The third-order valence-electron chi connectivity index (χ3n) is 3.10. The molecule has 0 saturated heterocycles. The van der Waals surface area contributed by atoms with Crippen molar-refractivity contribution in [3.63, 3.8) is 0 Å². The van der Waals surface area contributed by atoms with Gasteiger partial charge in [-0.1, -0.05) is 13.3 Å². The predicted molar refractivity (Wildman–Crippen MR) is 90.3 cm³/mol. The Morgan fingerprint density at radius 1 is 0.737 bits per heavy atom. The van der Waals surface area contributed by atoms with Gasteiger partial charge in [0.25, 0.3) is 0 Å². The molecule has 0 spiro atoms. The summed E-state index contributed by atoms with van der Waals surface area (Å²) in [6.07, 6.45) is 12.8. The zero-order chi connectivity index (χ0) is 14.0. The Morgan fingerprint density at radius 2 is 1.32 bits per heavy atom. The third-order valence-corrected chi connectivity index (χ3v) is 10.5. The van der Waals surface area contributed by atoms with E-state index in [4.69, 9.17) is 5.73 Å². The van der Waals surface area contributed by atoms with Gasteiger partial charge in [0.1, 0.15) is 0 Å². The van der Waals surface area contributed by atoms with Crippen molar-refractivity contribution >= 4 is 26.3 Å². The monoisotopic (exact) mass is 402 g/mol. The minimum absolute atomic E-state index is 0.862. The molecule has 2 nitrogen and oxygen atoms in total. The van der Waals surface area contributed by atoms with Crippen LogP contribution in [-0.2, 0) is 0 Å². The number of nitrogens with two attached hydrogens (primary N) is 1. The van der Waals surface area contributed by atoms with Crippen molar-refractivity contribution in [2.24, 2.45) is 5.73 Å². The summed E-state index contributed by atoms with van der Waals surface area (Å²) in [4.78, 5) is 0. The van der Waals surface area contributed by atoms with Crippen molar-refractivity contribution in [1.29, 1.82) is 0 Å². The third kappa shape index (κ3) is 19.0. The van der Waals surface area contributed by atoms with Crippen LogP contribution in [0.2, 0.25) is 10.6 Å². The van der Waals surface area contributed by atoms with Crippen LogP contribution in [0.4, 0.5) is 0 Å². The second kappa shape index (κ2) is 19.0. The first kappa shape index (κ1) is 20.0. The maximum atomic E-state index is 5.49. The summed E-state index contributed by atoms with van der Waals surface area (Å²) >= 11 is 1.75. The molecule has 4 heteroatoms. The molecule has 0 aromatic carbocycles. The molecular weight excluding hydrogens is 366 g/mol. The van der Waals surface area contributed by atoms with Crippen molar-refractivity contribution in [3.8, 4) is 0 Å². The number of nitrogens with one attached hydrogen (secondary N) is 1. The molecule has 0 bridgehead atoms. The fourth-order valence-electron chi connectivity index (χ4n) is 1.97. The van der Waals surface area contributed by atoms with Crippen molar-refractivity contribution in [2.45, 2.75) is 75.3 Å². The SMILES string of the molecule is CCCCCCCCCCCNCC[Se][Se]CCN. The second-order valence-electron chi connectivity index (χ2n) is 5.01. The summed E-state index contributed by atoms with van der Waals surface area (Å²) < 4.78 is 0. The fraction of sp³-hybridized carbons (Fsp3) is 1.00. The summed E-state index contributed by atoms with van der Waals surface area (Å²) in [5.41, 5.74) is 5.49. The standard InChI is InChI=1S/C15H34N2Se2/c1-2-3-4-5-6-7-8-9-10-12-17-13-15-19-18-14-11-16/h17H,2-16H2,1H3. The van der Waals surface area contributed by atoms with E-state index in [1.54, 1.807) is 0 Å². The summed E-state index contributed by atoms with van der Waals surface area (Å²) in [5.74, 6) is 0. The van der Waals surface area contributed by atoms with Gasteiger partial charge in [0.05, 0.1) is 0 Å². The molecule has 0 rings (SSSR count). The Labute approximate surface area is 132 Å². The van der Waals surface area contributed by atoms with Gasteiger partial charge >= 0.3 is 119 Å². The van der Waals surface area contributed by atoms with Crippen LogP contribution in [0.15, 0.2) is 0 Å². The average molecular weight is 400 g/mol. The Hall–Kier alpha value is 0.959. The summed E-state index contributed by atoms with van der Waals surface area (Å²) in [7, 11) is 0. The van der Waals surface area contributed by atoms with E-state index < -0.39 is 0 Å². The molecule has 0 aliphatic carbocycles. The van der Waals surface area contributed by atoms with Gasteiger partial charge in [-0.25, -0.2) is 0 Å². The van der Waals surface area contributed by atoms with E-state index in [1.165, 1.54) is 81.5 Å². The van der Waals surface area contributed by atoms with Gasteiger partial charge in [-0.15, -0.1) is 0 Å². The van der Waals surface area contributed by atoms with E-state index >= 15 is 0 Å². The molecule has 0 amide bonds. The van der Waals surface area contributed by atoms with Crippen LogP contribution in [-0.4, -0.2) is 45.9 Å². The molecule has 0 saturated carbocycles. The van der Waals surface area contributed by atoms with Crippen molar-refractivity contribution in [1.82, 2.24) is 5.32 Å². The van der Waals surface area contributed by atoms with Crippen LogP contribution in [0.1, 0.15) is 64.7 Å². The minimum atomic E-state index is 0.862. The molecule has 0 aliphatic rings. The molecular formula is C15H34N2Se2. The number of hydrogen-bond donors (Lipinski definition) is 2. The van der Waals surface area contributed by atoms with Gasteiger partial charge in [-0.2, -0.15) is 0 Å². The van der Waals surface area contributed by atoms with E-state index in [9.17, 15) is 0 Å². The molecule has 0 atom stereocenters. The van der Waals surface area contributed by atoms with Crippen LogP contribution in [0, 0.1) is 0 Å². The van der Waals surface area contributed by atoms with Crippen LogP contribution in [0.3, 0.4) is 0 Å². The maximum absolute atomic E-state index is 5.49. The Balaban J connectivity index is 2.88. The molecule has 0 aromatic heterocycles. The van der Waals surface area contributed by atoms with E-state index in [1.807, 2.05) is 0 Å². The van der Waals surface area contributed by atoms with Gasteiger partial charge < -0.3 is 0 Å². The quantitative estimate of drug-likeness (QED) is 0.308. The normalized spacial score (nSPS) is 11.1. The zero-order valence-electron chi connectivity index (χ0n) is 12.8. The van der Waals surface area contributed by atoms with Crippen molar-refractivity contribution < 1.29 is 0 Å². The molecule has 0 radical (unpaired) electrons. The predicted octanol–water partition coefficient (Wildman–Crippen LogP) is 3.23. The van der Waals surface area contributed by atoms with E-state index in [-0.39, 0.29) is 0 Å². The van der Waals surface area contributed by atoms with Crippen LogP contribution in [0.5, 0.6) is 0 Å². The summed E-state index contributed by atoms with van der Waals surface area (Å²) in [5, 5.41) is 6.27. The first-order valence-electron chi connectivity index (χ1n) is 8.07. The van der Waals surface area contributed by atoms with Crippen LogP contribution < -0.4 is 11.1 Å². The molecule has 116 valence electrons. The molecule has 0 aliphatic heterocycles. The van der Waals surface area contributed by atoms with E-state index in [2.05, 4.69) is 12.2 Å². The Kier molecular flexibility index (Phi) is 19.9. The van der Waals surface area contributed by atoms with Gasteiger partial charge in [0.15, 0.2) is 0 Å². The fourth-order valence-corrected chi connectivity index (χ4v) is 7.67. The topological polar surface area (TPSA) is 38.0 Å². The number of hydrogen-bond acceptors (Lipinski definition) is 2. The van der Waals surface area contributed by atoms with Gasteiger partial charge in [-0.05, 0) is 0 Å². The van der Waals surface area contributed by atoms with Crippen LogP contribution >= 0.6 is 0 Å². The Bertz CT molecular complexity index is 141. The van der Waals surface area contributed by atoms with Crippen molar-refractivity contribution in [3.05, 3.63) is 0 Å². The zero-order valence-corrected chi connectivity index (χ0v) is 16.2. The molecule has 0 unspecified atom stereocenters. The summed E-state index contributed by atoms with van der Waals surface area (Å²) in [6, 6.07) is 0. The molecule has 0 aromatic rings. The van der Waals surface area contributed by atoms with Crippen molar-refractivity contribution in [2.75, 3.05) is 19.6 Å². The number of rotatable bonds is 16. The van der Waals surface area contributed by atoms with Crippen LogP contribution in [0.25, 0.3) is 0 Å². The molecule has 0 heterocycles. The average Bonchev–Trinajstić information content (AvgIpc) is 2.43. The Morgan fingerprint density at radius 3 is 1.95 bits per heavy atom. The van der Waals surface area contributed by atoms with E-state index in [0.717, 1.165) is 32.8 Å². The first-order chi connectivity index (χ1) is 9.41. The van der Waals surface area contributed by atoms with Gasteiger partial charge in [-0.3, -0.25) is 0 Å². The number of unbranched alkanes of at least 4 members (excludes halogenated alkanes) is 8. The molecule has 3 N–H and O–H groups in total. The van der Waals surface area contributed by atoms with Gasteiger partial charge in [0, 0.05) is 0 Å². The molecule has 19 heavy (non-hydrogen) atoms. The van der Waals surface area contributed by atoms with Gasteiger partial charge in [0.2, 0.25) is 0 Å². The first-order valence-corrected chi connectivity index (χ1v) is 14.8. The summed E-state index contributed by atoms with van der Waals surface area (Å²) in [6.45, 7) is 5.65. The molecule has 0 fully saturated rings. The second-order valence-corrected chi connectivity index (χ2v) is 12.9. The van der Waals surface area contributed by atoms with E-state index in [0.29, 0.717) is 0 Å².